The van der Waals surface area contributed by atoms with Gasteiger partial charge in [-0.15, -0.1) is 0 Å². The topological polar surface area (TPSA) is 82.5 Å². The van der Waals surface area contributed by atoms with Crippen LogP contribution in [-0.4, -0.2) is 29.7 Å². The van der Waals surface area contributed by atoms with Crippen molar-refractivity contribution >= 4 is 11.2 Å². The van der Waals surface area contributed by atoms with Crippen LogP contribution >= 0.6 is 0 Å². The Hall–Kier alpha value is -3.09. The summed E-state index contributed by atoms with van der Waals surface area (Å²) < 4.78 is 7.82. The molecule has 5 rings (SSSR count). The molecule has 0 spiro atoms. The third-order valence-electron chi connectivity index (χ3n) is 4.79. The first-order valence-electron chi connectivity index (χ1n) is 8.91. The molecule has 0 N–H and O–H groups in total. The molecule has 26 heavy (non-hydrogen) atoms. The van der Waals surface area contributed by atoms with Gasteiger partial charge in [0.25, 0.3) is 5.89 Å². The third-order valence-corrected chi connectivity index (χ3v) is 4.79. The number of aromatic nitrogens is 6. The predicted octanol–water partition coefficient (Wildman–Crippen LogP) is 3.58. The van der Waals surface area contributed by atoms with Gasteiger partial charge in [-0.25, -0.2) is 9.97 Å². The van der Waals surface area contributed by atoms with Crippen molar-refractivity contribution in [3.8, 4) is 22.8 Å². The van der Waals surface area contributed by atoms with Gasteiger partial charge in [0.15, 0.2) is 5.65 Å². The lowest BCUT2D eigenvalue weighted by atomic mass is 10.2. The van der Waals surface area contributed by atoms with E-state index < -0.39 is 0 Å². The Morgan fingerprint density at radius 3 is 2.81 bits per heavy atom. The Morgan fingerprint density at radius 2 is 1.92 bits per heavy atom. The third kappa shape index (κ3) is 2.47. The molecule has 0 radical (unpaired) electrons. The molecule has 0 aliphatic carbocycles. The summed E-state index contributed by atoms with van der Waals surface area (Å²) in [5, 5.41) is 4.13. The number of fused-ring (bicyclic) bond motifs is 3. The lowest BCUT2D eigenvalue weighted by Gasteiger charge is -2.04. The van der Waals surface area contributed by atoms with Gasteiger partial charge in [-0.1, -0.05) is 11.6 Å². The minimum atomic E-state index is 0.473. The fraction of sp³-hybridized carbons (Fsp3) is 0.316. The lowest BCUT2D eigenvalue weighted by Crippen LogP contribution is -2.01. The van der Waals surface area contributed by atoms with E-state index in [2.05, 4.69) is 19.7 Å². The molecule has 5 heterocycles. The average molecular weight is 346 g/mol. The summed E-state index contributed by atoms with van der Waals surface area (Å²) in [6.07, 6.45) is 7.99. The molecule has 0 unspecified atom stereocenters. The van der Waals surface area contributed by atoms with E-state index >= 15 is 0 Å². The lowest BCUT2D eigenvalue weighted by molar-refractivity contribution is 0.432. The molecule has 0 saturated carbocycles. The van der Waals surface area contributed by atoms with Crippen LogP contribution in [0.5, 0.6) is 0 Å². The van der Waals surface area contributed by atoms with Crippen LogP contribution < -0.4 is 0 Å². The van der Waals surface area contributed by atoms with Gasteiger partial charge in [-0.2, -0.15) is 4.98 Å². The van der Waals surface area contributed by atoms with Crippen LogP contribution in [0, 0.1) is 6.92 Å². The highest BCUT2D eigenvalue weighted by Gasteiger charge is 2.21. The quantitative estimate of drug-likeness (QED) is 0.552. The number of imidazole rings is 1. The minimum absolute atomic E-state index is 0.473. The molecule has 7 nitrogen and oxygen atoms in total. The summed E-state index contributed by atoms with van der Waals surface area (Å²) in [6.45, 7) is 2.95. The monoisotopic (exact) mass is 346 g/mol. The Bertz CT molecular complexity index is 1080. The van der Waals surface area contributed by atoms with E-state index in [-0.39, 0.29) is 0 Å². The number of aryl methyl sites for hydroxylation is 3. The van der Waals surface area contributed by atoms with E-state index in [1.807, 2.05) is 25.1 Å². The van der Waals surface area contributed by atoms with E-state index in [4.69, 9.17) is 14.5 Å². The van der Waals surface area contributed by atoms with E-state index in [9.17, 15) is 0 Å². The molecule has 1 aliphatic rings. The van der Waals surface area contributed by atoms with Crippen molar-refractivity contribution in [2.45, 2.75) is 39.2 Å². The molecule has 130 valence electrons. The van der Waals surface area contributed by atoms with Gasteiger partial charge in [0.2, 0.25) is 5.82 Å². The smallest absolute Gasteiger partial charge is 0.260 e. The van der Waals surface area contributed by atoms with Crippen molar-refractivity contribution < 1.29 is 4.52 Å². The number of rotatable bonds is 2. The van der Waals surface area contributed by atoms with Crippen molar-refractivity contribution in [1.82, 2.24) is 29.7 Å². The zero-order valence-electron chi connectivity index (χ0n) is 14.5. The fourth-order valence-corrected chi connectivity index (χ4v) is 3.53. The van der Waals surface area contributed by atoms with Gasteiger partial charge in [0, 0.05) is 36.6 Å². The molecule has 0 aromatic carbocycles. The van der Waals surface area contributed by atoms with E-state index in [0.717, 1.165) is 53.2 Å². The fourth-order valence-electron chi connectivity index (χ4n) is 3.53. The van der Waals surface area contributed by atoms with Crippen LogP contribution in [0.25, 0.3) is 34.0 Å². The van der Waals surface area contributed by atoms with E-state index in [1.165, 1.54) is 12.8 Å². The van der Waals surface area contributed by atoms with Crippen LogP contribution in [0.3, 0.4) is 0 Å². The number of nitrogens with zero attached hydrogens (tertiary/aromatic N) is 6. The van der Waals surface area contributed by atoms with Gasteiger partial charge in [0.05, 0.1) is 5.56 Å². The second-order valence-corrected chi connectivity index (χ2v) is 6.63. The zero-order chi connectivity index (χ0) is 17.5. The van der Waals surface area contributed by atoms with Crippen LogP contribution in [0.15, 0.2) is 35.1 Å². The second kappa shape index (κ2) is 6.01. The first-order chi connectivity index (χ1) is 12.8. The van der Waals surface area contributed by atoms with Gasteiger partial charge in [-0.05, 0) is 38.0 Å². The van der Waals surface area contributed by atoms with Gasteiger partial charge in [0.1, 0.15) is 11.3 Å². The maximum Gasteiger partial charge on any atom is 0.260 e. The van der Waals surface area contributed by atoms with Crippen molar-refractivity contribution in [1.29, 1.82) is 0 Å². The standard InChI is InChI=1S/C19H18N6O/c1-12-11-14(19-23-17(24-26-19)13-6-8-20-9-7-13)16-18(21-12)25-10-4-2-3-5-15(25)22-16/h6-9,11H,2-5,10H2,1H3. The molecule has 7 heteroatoms. The average Bonchev–Trinajstić information content (AvgIpc) is 3.21. The Morgan fingerprint density at radius 1 is 1.04 bits per heavy atom. The summed E-state index contributed by atoms with van der Waals surface area (Å²) in [6, 6.07) is 5.70. The Kier molecular flexibility index (Phi) is 3.51. The first kappa shape index (κ1) is 15.2. The van der Waals surface area contributed by atoms with Crippen LogP contribution in [-0.2, 0) is 13.0 Å². The molecule has 0 fully saturated rings. The Balaban J connectivity index is 1.67. The van der Waals surface area contributed by atoms with E-state index in [0.29, 0.717) is 11.7 Å². The minimum Gasteiger partial charge on any atom is -0.334 e. The number of hydrogen-bond acceptors (Lipinski definition) is 6. The summed E-state index contributed by atoms with van der Waals surface area (Å²) in [7, 11) is 0. The molecule has 0 atom stereocenters. The summed E-state index contributed by atoms with van der Waals surface area (Å²) in [5.74, 6) is 2.12. The SMILES string of the molecule is Cc1cc(-c2nc(-c3ccncc3)no2)c2nc3n(c2n1)CCCCC3. The first-order valence-corrected chi connectivity index (χ1v) is 8.91. The molecule has 4 aromatic rings. The summed E-state index contributed by atoms with van der Waals surface area (Å²) in [4.78, 5) is 18.2. The predicted molar refractivity (Wildman–Crippen MR) is 96.3 cm³/mol. The molecule has 0 saturated heterocycles. The second-order valence-electron chi connectivity index (χ2n) is 6.63. The summed E-state index contributed by atoms with van der Waals surface area (Å²) >= 11 is 0. The highest BCUT2D eigenvalue weighted by Crippen LogP contribution is 2.30. The van der Waals surface area contributed by atoms with Gasteiger partial charge >= 0.3 is 0 Å². The Labute approximate surface area is 150 Å². The van der Waals surface area contributed by atoms with Crippen molar-refractivity contribution in [3.63, 3.8) is 0 Å². The number of hydrogen-bond donors (Lipinski definition) is 0. The molecular formula is C19H18N6O. The summed E-state index contributed by atoms with van der Waals surface area (Å²) in [5.41, 5.74) is 4.40. The number of pyridine rings is 2. The van der Waals surface area contributed by atoms with Gasteiger partial charge in [-0.3, -0.25) is 4.98 Å². The highest BCUT2D eigenvalue weighted by molar-refractivity contribution is 5.88. The van der Waals surface area contributed by atoms with Gasteiger partial charge < -0.3 is 9.09 Å². The molecule has 0 amide bonds. The highest BCUT2D eigenvalue weighted by atomic mass is 16.5. The molecule has 4 aromatic heterocycles. The van der Waals surface area contributed by atoms with Crippen LogP contribution in [0.2, 0.25) is 0 Å². The van der Waals surface area contributed by atoms with Crippen LogP contribution in [0.1, 0.15) is 30.8 Å². The normalized spacial score (nSPS) is 14.3. The largest absolute Gasteiger partial charge is 0.334 e. The molecular weight excluding hydrogens is 328 g/mol. The van der Waals surface area contributed by atoms with Crippen molar-refractivity contribution in [2.75, 3.05) is 0 Å². The van der Waals surface area contributed by atoms with Crippen molar-refractivity contribution in [2.24, 2.45) is 0 Å². The maximum atomic E-state index is 5.57. The molecule has 0 bridgehead atoms. The van der Waals surface area contributed by atoms with Crippen LogP contribution in [0.4, 0.5) is 0 Å². The zero-order valence-corrected chi connectivity index (χ0v) is 14.5. The van der Waals surface area contributed by atoms with E-state index in [1.54, 1.807) is 12.4 Å². The van der Waals surface area contributed by atoms with Crippen molar-refractivity contribution in [3.05, 3.63) is 42.1 Å². The molecule has 1 aliphatic heterocycles. The maximum absolute atomic E-state index is 5.57.